The number of hydrogen-bond donors (Lipinski definition) is 2. The van der Waals surface area contributed by atoms with Crippen molar-refractivity contribution in [1.82, 2.24) is 10.2 Å². The Morgan fingerprint density at radius 1 is 1.25 bits per heavy atom. The van der Waals surface area contributed by atoms with Crippen LogP contribution in [0.25, 0.3) is 0 Å². The van der Waals surface area contributed by atoms with Crippen LogP contribution in [0.3, 0.4) is 0 Å². The van der Waals surface area contributed by atoms with Gasteiger partial charge in [0.25, 0.3) is 0 Å². The summed E-state index contributed by atoms with van der Waals surface area (Å²) >= 11 is 0. The molecule has 6 heteroatoms. The SMILES string of the molecule is CCCN(CC)CCNC(=O)[C@@H]1CCC[C@@H]1CN.Cl.Cl. The van der Waals surface area contributed by atoms with Gasteiger partial charge in [-0.3, -0.25) is 4.79 Å². The molecule has 2 atom stereocenters. The molecule has 0 aromatic rings. The standard InChI is InChI=1S/C14H29N3O.2ClH/c1-3-9-17(4-2)10-8-16-14(18)13-7-5-6-12(13)11-15;;/h12-13H,3-11,15H2,1-2H3,(H,16,18);2*1H/t12-,13-;;/m1../s1. The van der Waals surface area contributed by atoms with Crippen LogP contribution >= 0.6 is 24.8 Å². The Morgan fingerprint density at radius 3 is 2.50 bits per heavy atom. The molecule has 1 aliphatic rings. The van der Waals surface area contributed by atoms with Crippen molar-refractivity contribution >= 4 is 30.7 Å². The third kappa shape index (κ3) is 7.11. The molecule has 0 aromatic heterocycles. The van der Waals surface area contributed by atoms with Crippen LogP contribution < -0.4 is 11.1 Å². The van der Waals surface area contributed by atoms with E-state index in [1.54, 1.807) is 0 Å². The van der Waals surface area contributed by atoms with Crippen LogP contribution in [0.5, 0.6) is 0 Å². The van der Waals surface area contributed by atoms with Crippen LogP contribution in [-0.2, 0) is 4.79 Å². The normalized spacial score (nSPS) is 21.2. The molecule has 0 aromatic carbocycles. The fourth-order valence-electron chi connectivity index (χ4n) is 2.88. The summed E-state index contributed by atoms with van der Waals surface area (Å²) in [6.45, 7) is 8.88. The summed E-state index contributed by atoms with van der Waals surface area (Å²) < 4.78 is 0. The topological polar surface area (TPSA) is 58.4 Å². The first kappa shape index (κ1) is 22.3. The van der Waals surface area contributed by atoms with Gasteiger partial charge in [-0.25, -0.2) is 0 Å². The molecule has 0 unspecified atom stereocenters. The van der Waals surface area contributed by atoms with Gasteiger partial charge in [0.1, 0.15) is 0 Å². The van der Waals surface area contributed by atoms with Crippen LogP contribution in [-0.4, -0.2) is 43.5 Å². The molecule has 1 aliphatic carbocycles. The molecule has 0 spiro atoms. The first-order valence-corrected chi connectivity index (χ1v) is 7.43. The van der Waals surface area contributed by atoms with Gasteiger partial charge in [0.15, 0.2) is 0 Å². The second kappa shape index (κ2) is 12.7. The van der Waals surface area contributed by atoms with E-state index >= 15 is 0 Å². The van der Waals surface area contributed by atoms with Gasteiger partial charge < -0.3 is 16.0 Å². The Bertz CT molecular complexity index is 255. The predicted octanol–water partition coefficient (Wildman–Crippen LogP) is 2.05. The molecule has 0 radical (unpaired) electrons. The smallest absolute Gasteiger partial charge is 0.223 e. The van der Waals surface area contributed by atoms with Gasteiger partial charge in [0.2, 0.25) is 5.91 Å². The van der Waals surface area contributed by atoms with E-state index in [-0.39, 0.29) is 36.6 Å². The summed E-state index contributed by atoms with van der Waals surface area (Å²) in [4.78, 5) is 14.4. The average molecular weight is 328 g/mol. The lowest BCUT2D eigenvalue weighted by Gasteiger charge is -2.21. The summed E-state index contributed by atoms with van der Waals surface area (Å²) in [7, 11) is 0. The number of nitrogens with one attached hydrogen (secondary N) is 1. The van der Waals surface area contributed by atoms with Gasteiger partial charge in [-0.15, -0.1) is 24.8 Å². The molecule has 1 saturated carbocycles. The van der Waals surface area contributed by atoms with Crippen molar-refractivity contribution in [3.63, 3.8) is 0 Å². The van der Waals surface area contributed by atoms with Crippen molar-refractivity contribution in [1.29, 1.82) is 0 Å². The van der Waals surface area contributed by atoms with Crippen molar-refractivity contribution in [2.24, 2.45) is 17.6 Å². The van der Waals surface area contributed by atoms with Crippen molar-refractivity contribution in [3.05, 3.63) is 0 Å². The van der Waals surface area contributed by atoms with Crippen molar-refractivity contribution in [3.8, 4) is 0 Å². The van der Waals surface area contributed by atoms with Gasteiger partial charge in [0.05, 0.1) is 0 Å². The molecule has 122 valence electrons. The lowest BCUT2D eigenvalue weighted by Crippen LogP contribution is -2.39. The quantitative estimate of drug-likeness (QED) is 0.717. The van der Waals surface area contributed by atoms with Crippen molar-refractivity contribution in [2.75, 3.05) is 32.7 Å². The average Bonchev–Trinajstić information content (AvgIpc) is 2.85. The lowest BCUT2D eigenvalue weighted by atomic mass is 9.95. The Balaban J connectivity index is 0. The first-order valence-electron chi connectivity index (χ1n) is 7.43. The third-order valence-electron chi connectivity index (χ3n) is 4.01. The Kier molecular flexibility index (Phi) is 14.1. The zero-order chi connectivity index (χ0) is 13.4. The van der Waals surface area contributed by atoms with Gasteiger partial charge >= 0.3 is 0 Å². The second-order valence-electron chi connectivity index (χ2n) is 5.26. The van der Waals surface area contributed by atoms with Crippen LogP contribution in [0.15, 0.2) is 0 Å². The minimum Gasteiger partial charge on any atom is -0.355 e. The van der Waals surface area contributed by atoms with E-state index in [0.717, 1.165) is 45.4 Å². The molecule has 0 saturated heterocycles. The van der Waals surface area contributed by atoms with Crippen molar-refractivity contribution in [2.45, 2.75) is 39.5 Å². The molecule has 1 fully saturated rings. The maximum atomic E-state index is 12.1. The predicted molar refractivity (Wildman–Crippen MR) is 89.8 cm³/mol. The molecule has 1 amide bonds. The van der Waals surface area contributed by atoms with E-state index in [9.17, 15) is 4.79 Å². The van der Waals surface area contributed by atoms with Crippen LogP contribution in [0.4, 0.5) is 0 Å². The number of likely N-dealkylation sites (N-methyl/N-ethyl adjacent to an activating group) is 1. The van der Waals surface area contributed by atoms with E-state index in [1.807, 2.05) is 0 Å². The first-order chi connectivity index (χ1) is 8.72. The highest BCUT2D eigenvalue weighted by molar-refractivity contribution is 5.85. The zero-order valence-corrected chi connectivity index (χ0v) is 14.4. The largest absolute Gasteiger partial charge is 0.355 e. The molecule has 3 N–H and O–H groups in total. The molecule has 4 nitrogen and oxygen atoms in total. The summed E-state index contributed by atoms with van der Waals surface area (Å²) in [6.07, 6.45) is 4.45. The van der Waals surface area contributed by atoms with Crippen LogP contribution in [0.2, 0.25) is 0 Å². The summed E-state index contributed by atoms with van der Waals surface area (Å²) in [5.74, 6) is 0.787. The van der Waals surface area contributed by atoms with E-state index in [2.05, 4.69) is 24.1 Å². The van der Waals surface area contributed by atoms with E-state index in [4.69, 9.17) is 5.73 Å². The number of nitrogens with zero attached hydrogens (tertiary/aromatic N) is 1. The number of hydrogen-bond acceptors (Lipinski definition) is 3. The Hall–Kier alpha value is -0.0300. The maximum absolute atomic E-state index is 12.1. The molecule has 0 heterocycles. The number of amides is 1. The number of nitrogens with two attached hydrogens (primary N) is 1. The van der Waals surface area contributed by atoms with E-state index in [0.29, 0.717) is 12.5 Å². The number of carbonyl (C=O) groups excluding carboxylic acids is 1. The Labute approximate surface area is 136 Å². The molecule has 0 bridgehead atoms. The van der Waals surface area contributed by atoms with Crippen LogP contribution in [0, 0.1) is 11.8 Å². The minimum absolute atomic E-state index is 0. The van der Waals surface area contributed by atoms with Crippen LogP contribution in [0.1, 0.15) is 39.5 Å². The van der Waals surface area contributed by atoms with Gasteiger partial charge in [0, 0.05) is 19.0 Å². The summed E-state index contributed by atoms with van der Waals surface area (Å²) in [5.41, 5.74) is 5.71. The number of halogens is 2. The summed E-state index contributed by atoms with van der Waals surface area (Å²) in [6, 6.07) is 0. The summed E-state index contributed by atoms with van der Waals surface area (Å²) in [5, 5.41) is 3.08. The molecule has 20 heavy (non-hydrogen) atoms. The van der Waals surface area contributed by atoms with E-state index < -0.39 is 0 Å². The number of rotatable bonds is 8. The van der Waals surface area contributed by atoms with E-state index in [1.165, 1.54) is 6.42 Å². The highest BCUT2D eigenvalue weighted by Gasteiger charge is 2.31. The van der Waals surface area contributed by atoms with Gasteiger partial charge in [-0.2, -0.15) is 0 Å². The molecule has 0 aliphatic heterocycles. The fraction of sp³-hybridized carbons (Fsp3) is 0.929. The number of carbonyl (C=O) groups is 1. The molecular weight excluding hydrogens is 297 g/mol. The Morgan fingerprint density at radius 2 is 1.95 bits per heavy atom. The molecular formula is C14H31Cl2N3O. The monoisotopic (exact) mass is 327 g/mol. The minimum atomic E-state index is 0. The zero-order valence-electron chi connectivity index (χ0n) is 12.8. The highest BCUT2D eigenvalue weighted by atomic mass is 35.5. The van der Waals surface area contributed by atoms with Gasteiger partial charge in [-0.05, 0) is 44.8 Å². The third-order valence-corrected chi connectivity index (χ3v) is 4.01. The second-order valence-corrected chi connectivity index (χ2v) is 5.26. The molecule has 1 rings (SSSR count). The maximum Gasteiger partial charge on any atom is 0.223 e. The highest BCUT2D eigenvalue weighted by Crippen LogP contribution is 2.30. The van der Waals surface area contributed by atoms with Gasteiger partial charge in [-0.1, -0.05) is 20.3 Å². The van der Waals surface area contributed by atoms with Crippen molar-refractivity contribution < 1.29 is 4.79 Å². The lowest BCUT2D eigenvalue weighted by molar-refractivity contribution is -0.126. The fourth-order valence-corrected chi connectivity index (χ4v) is 2.88.